The van der Waals surface area contributed by atoms with Crippen LogP contribution in [0.25, 0.3) is 68.6 Å². The maximum Gasteiger partial charge on any atom is 0.160 e. The highest BCUT2D eigenvalue weighted by atomic mass is 14.9. The van der Waals surface area contributed by atoms with Crippen LogP contribution in [-0.2, 0) is 10.8 Å². The van der Waals surface area contributed by atoms with Gasteiger partial charge in [0.25, 0.3) is 0 Å². The van der Waals surface area contributed by atoms with Gasteiger partial charge in [0, 0.05) is 27.8 Å². The molecule has 0 N–H and O–H groups in total. The van der Waals surface area contributed by atoms with Crippen LogP contribution in [0.2, 0.25) is 0 Å². The van der Waals surface area contributed by atoms with Crippen LogP contribution < -0.4 is 0 Å². The van der Waals surface area contributed by atoms with Gasteiger partial charge in [-0.25, -0.2) is 19.9 Å². The fourth-order valence-corrected chi connectivity index (χ4v) is 5.80. The summed E-state index contributed by atoms with van der Waals surface area (Å²) in [7, 11) is 0. The summed E-state index contributed by atoms with van der Waals surface area (Å²) in [5.74, 6) is 0.635. The Morgan fingerprint density at radius 2 is 0.860 bits per heavy atom. The van der Waals surface area contributed by atoms with Crippen molar-refractivity contribution in [1.82, 2.24) is 19.9 Å². The molecular weight excluding hydrogens is 611 g/mol. The summed E-state index contributed by atoms with van der Waals surface area (Å²) < 4.78 is 0. The monoisotopic (exact) mass is 651 g/mol. The van der Waals surface area contributed by atoms with Crippen molar-refractivity contribution in [3.05, 3.63) is 144 Å². The molecule has 4 aromatic carbocycles. The molecule has 0 saturated carbocycles. The van der Waals surface area contributed by atoms with Gasteiger partial charge in [0.15, 0.2) is 5.82 Å². The molecule has 6 aromatic rings. The molecule has 5 heteroatoms. The van der Waals surface area contributed by atoms with E-state index in [1.807, 2.05) is 36.4 Å². The van der Waals surface area contributed by atoms with Crippen LogP contribution in [0.1, 0.15) is 69.6 Å². The number of aromatic nitrogens is 4. The second-order valence-electron chi connectivity index (χ2n) is 14.5. The van der Waals surface area contributed by atoms with Crippen molar-refractivity contribution in [2.45, 2.75) is 52.4 Å². The lowest BCUT2D eigenvalue weighted by atomic mass is 9.86. The van der Waals surface area contributed by atoms with Crippen LogP contribution in [-0.4, -0.2) is 19.9 Å². The largest absolute Gasteiger partial charge is 0.244 e. The highest BCUT2D eigenvalue weighted by molar-refractivity contribution is 5.81. The van der Waals surface area contributed by atoms with Gasteiger partial charge < -0.3 is 0 Å². The van der Waals surface area contributed by atoms with Gasteiger partial charge in [0.1, 0.15) is 0 Å². The highest BCUT2D eigenvalue weighted by Gasteiger charge is 2.18. The number of benzene rings is 4. The van der Waals surface area contributed by atoms with Crippen molar-refractivity contribution >= 4 is 12.2 Å². The Hall–Kier alpha value is -5.99. The average molecular weight is 652 g/mol. The molecule has 0 radical (unpaired) electrons. The maximum atomic E-state index is 9.33. The van der Waals surface area contributed by atoms with Crippen LogP contribution in [0.3, 0.4) is 0 Å². The lowest BCUT2D eigenvalue weighted by Crippen LogP contribution is -2.10. The molecule has 0 aliphatic heterocycles. The summed E-state index contributed by atoms with van der Waals surface area (Å²) in [6, 6.07) is 37.1. The van der Waals surface area contributed by atoms with Crippen LogP contribution in [0, 0.1) is 11.3 Å². The van der Waals surface area contributed by atoms with Gasteiger partial charge in [0.05, 0.1) is 45.8 Å². The van der Waals surface area contributed by atoms with Crippen LogP contribution in [0.15, 0.2) is 116 Å². The molecule has 50 heavy (non-hydrogen) atoms. The molecular formula is C45H41N5. The van der Waals surface area contributed by atoms with Crippen molar-refractivity contribution in [3.63, 3.8) is 0 Å². The number of hydrogen-bond acceptors (Lipinski definition) is 5. The predicted molar refractivity (Wildman–Crippen MR) is 207 cm³/mol. The molecule has 0 atom stereocenters. The summed E-state index contributed by atoms with van der Waals surface area (Å²) in [5, 5.41) is 9.33. The molecule has 0 bridgehead atoms. The zero-order valence-corrected chi connectivity index (χ0v) is 29.6. The molecule has 0 aliphatic rings. The van der Waals surface area contributed by atoms with Crippen molar-refractivity contribution in [2.24, 2.45) is 0 Å². The SMILES string of the molecule is C=Cc1nc(-c2ccc(C#N)cc2)c(-c2ccc(-c3nc(-c4ccc(C(C)(C)C)cc4)cc(-c4ccc(C(C)(C)C)cc4)n3)cc2)nc1C=C. The van der Waals surface area contributed by atoms with E-state index in [0.29, 0.717) is 34.2 Å². The molecule has 2 aromatic heterocycles. The molecule has 0 unspecified atom stereocenters. The van der Waals surface area contributed by atoms with Gasteiger partial charge in [-0.15, -0.1) is 0 Å². The summed E-state index contributed by atoms with van der Waals surface area (Å²) in [6.45, 7) is 21.2. The van der Waals surface area contributed by atoms with E-state index in [-0.39, 0.29) is 10.8 Å². The average Bonchev–Trinajstić information content (AvgIpc) is 3.13. The number of hydrogen-bond donors (Lipinski definition) is 0. The Morgan fingerprint density at radius 3 is 1.22 bits per heavy atom. The van der Waals surface area contributed by atoms with Gasteiger partial charge in [0.2, 0.25) is 0 Å². The molecule has 6 rings (SSSR count). The van der Waals surface area contributed by atoms with Crippen LogP contribution >= 0.6 is 0 Å². The smallest absolute Gasteiger partial charge is 0.160 e. The van der Waals surface area contributed by atoms with Gasteiger partial charge >= 0.3 is 0 Å². The number of nitriles is 1. The molecule has 246 valence electrons. The Bertz CT molecular complexity index is 2150. The van der Waals surface area contributed by atoms with Gasteiger partial charge in [-0.1, -0.05) is 140 Å². The molecule has 0 spiro atoms. The van der Waals surface area contributed by atoms with Gasteiger partial charge in [-0.3, -0.25) is 0 Å². The van der Waals surface area contributed by atoms with E-state index in [2.05, 4.69) is 115 Å². The lowest BCUT2D eigenvalue weighted by Gasteiger charge is -2.19. The van der Waals surface area contributed by atoms with E-state index in [1.54, 1.807) is 24.3 Å². The Kier molecular flexibility index (Phi) is 9.15. The zero-order chi connectivity index (χ0) is 35.6. The normalized spacial score (nSPS) is 11.5. The molecule has 0 amide bonds. The zero-order valence-electron chi connectivity index (χ0n) is 29.6. The third-order valence-corrected chi connectivity index (χ3v) is 8.86. The summed E-state index contributed by atoms with van der Waals surface area (Å²) in [5.41, 5.74) is 12.3. The fourth-order valence-electron chi connectivity index (χ4n) is 5.80. The van der Waals surface area contributed by atoms with E-state index in [1.165, 1.54) is 11.1 Å². The molecule has 2 heterocycles. The highest BCUT2D eigenvalue weighted by Crippen LogP contribution is 2.34. The molecule has 5 nitrogen and oxygen atoms in total. The Morgan fingerprint density at radius 1 is 0.500 bits per heavy atom. The van der Waals surface area contributed by atoms with Crippen LogP contribution in [0.4, 0.5) is 0 Å². The second-order valence-corrected chi connectivity index (χ2v) is 14.5. The van der Waals surface area contributed by atoms with Crippen molar-refractivity contribution in [1.29, 1.82) is 5.26 Å². The minimum atomic E-state index is 0.0554. The minimum Gasteiger partial charge on any atom is -0.244 e. The van der Waals surface area contributed by atoms with E-state index < -0.39 is 0 Å². The van der Waals surface area contributed by atoms with Gasteiger partial charge in [-0.05, 0) is 52.3 Å². The van der Waals surface area contributed by atoms with E-state index in [9.17, 15) is 5.26 Å². The van der Waals surface area contributed by atoms with Crippen molar-refractivity contribution in [2.75, 3.05) is 0 Å². The Labute approximate surface area is 295 Å². The molecule has 0 fully saturated rings. The second kappa shape index (κ2) is 13.5. The maximum absolute atomic E-state index is 9.33. The van der Waals surface area contributed by atoms with Gasteiger partial charge in [-0.2, -0.15) is 5.26 Å². The first-order valence-electron chi connectivity index (χ1n) is 16.8. The first kappa shape index (κ1) is 33.9. The first-order valence-corrected chi connectivity index (χ1v) is 16.8. The van der Waals surface area contributed by atoms with Crippen molar-refractivity contribution in [3.8, 4) is 62.5 Å². The minimum absolute atomic E-state index is 0.0554. The molecule has 0 aliphatic carbocycles. The third kappa shape index (κ3) is 7.06. The standard InChI is InChI=1S/C45H41N5/c1-9-37-38(10-2)48-42(41(47-37)32-13-11-29(28-46)12-14-32)33-15-17-34(18-16-33)43-49-39(30-19-23-35(24-20-30)44(3,4)5)27-40(50-43)31-21-25-36(26-22-31)45(6,7)8/h9-27H,1-2H2,3-8H3. The summed E-state index contributed by atoms with van der Waals surface area (Å²) >= 11 is 0. The van der Waals surface area contributed by atoms with Crippen molar-refractivity contribution < 1.29 is 0 Å². The third-order valence-electron chi connectivity index (χ3n) is 8.86. The topological polar surface area (TPSA) is 75.3 Å². The Balaban J connectivity index is 1.46. The van der Waals surface area contributed by atoms with E-state index in [4.69, 9.17) is 19.9 Å². The lowest BCUT2D eigenvalue weighted by molar-refractivity contribution is 0.590. The number of rotatable bonds is 7. The first-order chi connectivity index (χ1) is 23.9. The molecule has 0 saturated heterocycles. The number of nitrogens with zero attached hydrogens (tertiary/aromatic N) is 5. The van der Waals surface area contributed by atoms with E-state index >= 15 is 0 Å². The quantitative estimate of drug-likeness (QED) is 0.172. The fraction of sp³-hybridized carbons (Fsp3) is 0.178. The summed E-state index contributed by atoms with van der Waals surface area (Å²) in [4.78, 5) is 20.1. The van der Waals surface area contributed by atoms with E-state index in [0.717, 1.165) is 39.2 Å². The van der Waals surface area contributed by atoms with Crippen LogP contribution in [0.5, 0.6) is 0 Å². The predicted octanol–water partition coefficient (Wildman–Crippen LogP) is 11.4. The summed E-state index contributed by atoms with van der Waals surface area (Å²) in [6.07, 6.45) is 3.37.